The summed E-state index contributed by atoms with van der Waals surface area (Å²) in [6.07, 6.45) is 0.698. The summed E-state index contributed by atoms with van der Waals surface area (Å²) in [5, 5.41) is 0. The third kappa shape index (κ3) is 4.05. The van der Waals surface area contributed by atoms with E-state index in [0.717, 1.165) is 15.6 Å². The summed E-state index contributed by atoms with van der Waals surface area (Å²) in [4.78, 5) is 15.0. The molecule has 1 heterocycles. The Kier molecular flexibility index (Phi) is 5.88. The van der Waals surface area contributed by atoms with E-state index < -0.39 is 22.4 Å². The molecule has 0 saturated heterocycles. The molecule has 0 aromatic heterocycles. The molecule has 0 fully saturated rings. The first-order chi connectivity index (χ1) is 15.3. The molecule has 0 N–H and O–H groups in total. The van der Waals surface area contributed by atoms with Gasteiger partial charge in [-0.05, 0) is 73.5 Å². The third-order valence-corrected chi connectivity index (χ3v) is 7.30. The summed E-state index contributed by atoms with van der Waals surface area (Å²) < 4.78 is 46.7. The van der Waals surface area contributed by atoms with Gasteiger partial charge in [0.25, 0.3) is 10.0 Å². The Balaban J connectivity index is 1.72. The predicted molar refractivity (Wildman–Crippen MR) is 121 cm³/mol. The maximum absolute atomic E-state index is 13.5. The molecule has 1 atom stereocenters. The fourth-order valence-electron chi connectivity index (χ4n) is 3.94. The van der Waals surface area contributed by atoms with Crippen molar-refractivity contribution in [2.45, 2.75) is 24.3 Å². The van der Waals surface area contributed by atoms with Crippen molar-refractivity contribution in [2.75, 3.05) is 22.9 Å². The molecule has 6 nitrogen and oxygen atoms in total. The zero-order chi connectivity index (χ0) is 22.9. The van der Waals surface area contributed by atoms with Gasteiger partial charge in [-0.3, -0.25) is 9.10 Å². The number of hydrogen-bond acceptors (Lipinski definition) is 4. The van der Waals surface area contributed by atoms with Gasteiger partial charge in [0.15, 0.2) is 0 Å². The molecule has 3 aromatic rings. The second kappa shape index (κ2) is 8.63. The van der Waals surface area contributed by atoms with Gasteiger partial charge in [0.2, 0.25) is 5.91 Å². The molecule has 0 bridgehead atoms. The molecule has 166 valence electrons. The van der Waals surface area contributed by atoms with Crippen molar-refractivity contribution in [3.8, 4) is 5.75 Å². The lowest BCUT2D eigenvalue weighted by molar-refractivity contribution is -0.117. The molecule has 0 radical (unpaired) electrons. The lowest BCUT2D eigenvalue weighted by atomic mass is 10.1. The molecule has 1 aliphatic rings. The number of carbonyl (C=O) groups excluding carboxylic acids is 1. The lowest BCUT2D eigenvalue weighted by Crippen LogP contribution is -2.45. The van der Waals surface area contributed by atoms with E-state index >= 15 is 0 Å². The monoisotopic (exact) mass is 454 g/mol. The molecule has 0 aliphatic carbocycles. The molecule has 0 unspecified atom stereocenters. The van der Waals surface area contributed by atoms with Crippen molar-refractivity contribution in [3.63, 3.8) is 0 Å². The van der Waals surface area contributed by atoms with E-state index in [1.54, 1.807) is 4.90 Å². The van der Waals surface area contributed by atoms with Crippen LogP contribution in [0.2, 0.25) is 0 Å². The number of anilines is 2. The minimum Gasteiger partial charge on any atom is -0.497 e. The van der Waals surface area contributed by atoms with Crippen LogP contribution in [0, 0.1) is 5.82 Å². The Labute approximate surface area is 186 Å². The van der Waals surface area contributed by atoms with E-state index in [9.17, 15) is 17.6 Å². The predicted octanol–water partition coefficient (Wildman–Crippen LogP) is 4.01. The highest BCUT2D eigenvalue weighted by atomic mass is 32.2. The van der Waals surface area contributed by atoms with Crippen LogP contribution < -0.4 is 13.9 Å². The molecular formula is C24H23FN2O4S. The molecule has 0 saturated carbocycles. The second-order valence-corrected chi connectivity index (χ2v) is 9.47. The van der Waals surface area contributed by atoms with E-state index in [-0.39, 0.29) is 22.5 Å². The molecular weight excluding hydrogens is 431 g/mol. The van der Waals surface area contributed by atoms with Crippen LogP contribution in [0.25, 0.3) is 0 Å². The average Bonchev–Trinajstić information content (AvgIpc) is 3.13. The maximum atomic E-state index is 13.5. The first kappa shape index (κ1) is 21.8. The smallest absolute Gasteiger partial charge is 0.264 e. The van der Waals surface area contributed by atoms with Gasteiger partial charge in [-0.2, -0.15) is 0 Å². The summed E-state index contributed by atoms with van der Waals surface area (Å²) >= 11 is 0. The Morgan fingerprint density at radius 1 is 1.06 bits per heavy atom. The Morgan fingerprint density at radius 3 is 2.38 bits per heavy atom. The Hall–Kier alpha value is -3.39. The van der Waals surface area contributed by atoms with Crippen LogP contribution in [0.15, 0.2) is 77.7 Å². The second-order valence-electron chi connectivity index (χ2n) is 7.61. The summed E-state index contributed by atoms with van der Waals surface area (Å²) in [5.74, 6) is -0.344. The number of sulfonamides is 1. The number of fused-ring (bicyclic) bond motifs is 1. The van der Waals surface area contributed by atoms with Crippen LogP contribution in [0.1, 0.15) is 12.5 Å². The van der Waals surface area contributed by atoms with Crippen molar-refractivity contribution < 1.29 is 22.3 Å². The number of benzene rings is 3. The quantitative estimate of drug-likeness (QED) is 0.565. The average molecular weight is 455 g/mol. The number of methoxy groups -OCH3 is 1. The largest absolute Gasteiger partial charge is 0.497 e. The zero-order valence-electron chi connectivity index (χ0n) is 17.7. The number of rotatable bonds is 6. The summed E-state index contributed by atoms with van der Waals surface area (Å²) in [7, 11) is -2.62. The van der Waals surface area contributed by atoms with Gasteiger partial charge in [0.05, 0.1) is 17.7 Å². The number of amides is 1. The van der Waals surface area contributed by atoms with Crippen LogP contribution in [0.5, 0.6) is 5.75 Å². The molecule has 1 aliphatic heterocycles. The van der Waals surface area contributed by atoms with Gasteiger partial charge in [0, 0.05) is 11.7 Å². The van der Waals surface area contributed by atoms with Crippen LogP contribution in [0.3, 0.4) is 0 Å². The van der Waals surface area contributed by atoms with E-state index in [2.05, 4.69) is 0 Å². The first-order valence-electron chi connectivity index (χ1n) is 10.1. The number of carbonyl (C=O) groups is 1. The van der Waals surface area contributed by atoms with Crippen molar-refractivity contribution in [1.29, 1.82) is 0 Å². The van der Waals surface area contributed by atoms with Crippen molar-refractivity contribution in [3.05, 3.63) is 84.2 Å². The van der Waals surface area contributed by atoms with Crippen LogP contribution in [0.4, 0.5) is 15.8 Å². The Bertz CT molecular complexity index is 1230. The SMILES string of the molecule is COc1ccc(S(=O)(=O)N(CC(=O)N2c3ccccc3C[C@H]2C)c2ccc(F)cc2)cc1. The molecule has 3 aromatic carbocycles. The fourth-order valence-corrected chi connectivity index (χ4v) is 5.36. The van der Waals surface area contributed by atoms with Crippen LogP contribution in [-0.2, 0) is 21.2 Å². The summed E-state index contributed by atoms with van der Waals surface area (Å²) in [6.45, 7) is 1.51. The van der Waals surface area contributed by atoms with E-state index in [4.69, 9.17) is 4.74 Å². The van der Waals surface area contributed by atoms with Crippen molar-refractivity contribution in [1.82, 2.24) is 0 Å². The number of ether oxygens (including phenoxy) is 1. The maximum Gasteiger partial charge on any atom is 0.264 e. The van der Waals surface area contributed by atoms with Crippen LogP contribution in [-0.4, -0.2) is 34.0 Å². The van der Waals surface area contributed by atoms with E-state index in [1.165, 1.54) is 55.6 Å². The summed E-state index contributed by atoms with van der Waals surface area (Å²) in [6, 6.07) is 18.4. The molecule has 32 heavy (non-hydrogen) atoms. The van der Waals surface area contributed by atoms with Gasteiger partial charge in [-0.1, -0.05) is 18.2 Å². The van der Waals surface area contributed by atoms with E-state index in [1.807, 2.05) is 31.2 Å². The number of hydrogen-bond donors (Lipinski definition) is 0. The minimum atomic E-state index is -4.10. The molecule has 1 amide bonds. The first-order valence-corrected chi connectivity index (χ1v) is 11.6. The Morgan fingerprint density at radius 2 is 1.72 bits per heavy atom. The molecule has 0 spiro atoms. The highest BCUT2D eigenvalue weighted by molar-refractivity contribution is 7.92. The normalized spacial score (nSPS) is 15.3. The van der Waals surface area contributed by atoms with Crippen LogP contribution >= 0.6 is 0 Å². The number of halogens is 1. The lowest BCUT2D eigenvalue weighted by Gasteiger charge is -2.29. The molecule has 4 rings (SSSR count). The number of nitrogens with zero attached hydrogens (tertiary/aromatic N) is 2. The van der Waals surface area contributed by atoms with Crippen molar-refractivity contribution >= 4 is 27.3 Å². The highest BCUT2D eigenvalue weighted by Gasteiger charge is 2.34. The highest BCUT2D eigenvalue weighted by Crippen LogP contribution is 2.33. The minimum absolute atomic E-state index is 0.00490. The number of para-hydroxylation sites is 1. The third-order valence-electron chi connectivity index (χ3n) is 5.52. The topological polar surface area (TPSA) is 66.9 Å². The fraction of sp³-hybridized carbons (Fsp3) is 0.208. The zero-order valence-corrected chi connectivity index (χ0v) is 18.5. The van der Waals surface area contributed by atoms with Gasteiger partial charge in [-0.15, -0.1) is 0 Å². The standard InChI is InChI=1S/C24H23FN2O4S/c1-17-15-18-5-3-4-6-23(18)27(17)24(28)16-26(20-9-7-19(25)8-10-20)32(29,30)22-13-11-21(31-2)12-14-22/h3-14,17H,15-16H2,1-2H3/t17-/m1/s1. The van der Waals surface area contributed by atoms with E-state index in [0.29, 0.717) is 12.2 Å². The van der Waals surface area contributed by atoms with Gasteiger partial charge < -0.3 is 9.64 Å². The van der Waals surface area contributed by atoms with Gasteiger partial charge in [0.1, 0.15) is 18.1 Å². The van der Waals surface area contributed by atoms with Gasteiger partial charge in [-0.25, -0.2) is 12.8 Å². The molecule has 8 heteroatoms. The van der Waals surface area contributed by atoms with Gasteiger partial charge >= 0.3 is 0 Å². The summed E-state index contributed by atoms with van der Waals surface area (Å²) in [5.41, 5.74) is 2.03. The van der Waals surface area contributed by atoms with Crippen molar-refractivity contribution in [2.24, 2.45) is 0 Å².